The third kappa shape index (κ3) is 5.24. The molecule has 0 radical (unpaired) electrons. The van der Waals surface area contributed by atoms with Gasteiger partial charge in [0.1, 0.15) is 23.2 Å². The Morgan fingerprint density at radius 3 is 2.87 bits per heavy atom. The van der Waals surface area contributed by atoms with Gasteiger partial charge in [-0.2, -0.15) is 5.10 Å². The zero-order valence-corrected chi connectivity index (χ0v) is 18.5. The van der Waals surface area contributed by atoms with Gasteiger partial charge in [-0.3, -0.25) is 4.68 Å². The van der Waals surface area contributed by atoms with E-state index in [0.29, 0.717) is 32.2 Å². The van der Waals surface area contributed by atoms with Crippen molar-refractivity contribution >= 4 is 5.96 Å². The van der Waals surface area contributed by atoms with Crippen molar-refractivity contribution in [3.8, 4) is 11.5 Å². The van der Waals surface area contributed by atoms with Crippen LogP contribution in [0.4, 0.5) is 0 Å². The van der Waals surface area contributed by atoms with Crippen molar-refractivity contribution in [1.82, 2.24) is 20.4 Å². The summed E-state index contributed by atoms with van der Waals surface area (Å²) in [4.78, 5) is 4.70. The third-order valence-electron chi connectivity index (χ3n) is 5.06. The van der Waals surface area contributed by atoms with E-state index in [0.717, 1.165) is 29.0 Å². The first-order valence-electron chi connectivity index (χ1n) is 10.5. The van der Waals surface area contributed by atoms with E-state index in [4.69, 9.17) is 14.5 Å². The standard InChI is InChI=1S/C22H33N5O3/c1-6-23-21(25-14-22(4,28)18-12-26-27(5)13-18)24-11-17-10-20-16(8-15(3)30-20)9-19(17)29-7-2/h9-10,12-13,15,28H,6-8,11,14H2,1-5H3,(H2,23,24,25). The van der Waals surface area contributed by atoms with Crippen LogP contribution in [0.25, 0.3) is 0 Å². The van der Waals surface area contributed by atoms with Gasteiger partial charge in [-0.05, 0) is 39.8 Å². The van der Waals surface area contributed by atoms with Crippen molar-refractivity contribution in [2.24, 2.45) is 12.0 Å². The molecule has 164 valence electrons. The fourth-order valence-electron chi connectivity index (χ4n) is 3.46. The smallest absolute Gasteiger partial charge is 0.191 e. The fourth-order valence-corrected chi connectivity index (χ4v) is 3.46. The molecular formula is C22H33N5O3. The first-order chi connectivity index (χ1) is 14.3. The zero-order chi connectivity index (χ0) is 21.7. The van der Waals surface area contributed by atoms with Crippen LogP contribution in [-0.2, 0) is 25.6 Å². The molecule has 0 saturated heterocycles. The molecule has 1 aromatic carbocycles. The number of hydrogen-bond acceptors (Lipinski definition) is 5. The number of nitrogens with one attached hydrogen (secondary N) is 2. The molecule has 0 saturated carbocycles. The quantitative estimate of drug-likeness (QED) is 0.452. The molecule has 0 aliphatic carbocycles. The largest absolute Gasteiger partial charge is 0.494 e. The fraction of sp³-hybridized carbons (Fsp3) is 0.545. The predicted octanol–water partition coefficient (Wildman–Crippen LogP) is 2.10. The van der Waals surface area contributed by atoms with Gasteiger partial charge in [-0.15, -0.1) is 0 Å². The van der Waals surface area contributed by atoms with E-state index in [-0.39, 0.29) is 6.10 Å². The van der Waals surface area contributed by atoms with Crippen molar-refractivity contribution in [3.05, 3.63) is 41.2 Å². The Balaban J connectivity index is 1.73. The number of aliphatic hydroxyl groups is 1. The van der Waals surface area contributed by atoms with Crippen LogP contribution in [0.15, 0.2) is 29.5 Å². The highest BCUT2D eigenvalue weighted by Gasteiger charge is 2.25. The molecule has 0 bridgehead atoms. The van der Waals surface area contributed by atoms with Gasteiger partial charge in [-0.1, -0.05) is 0 Å². The van der Waals surface area contributed by atoms with Crippen LogP contribution >= 0.6 is 0 Å². The Labute approximate surface area is 178 Å². The number of benzene rings is 1. The average molecular weight is 416 g/mol. The van der Waals surface area contributed by atoms with Gasteiger partial charge in [0.15, 0.2) is 5.96 Å². The summed E-state index contributed by atoms with van der Waals surface area (Å²) in [5, 5.41) is 21.4. The van der Waals surface area contributed by atoms with Crippen molar-refractivity contribution in [1.29, 1.82) is 0 Å². The van der Waals surface area contributed by atoms with Crippen LogP contribution < -0.4 is 20.1 Å². The number of hydrogen-bond donors (Lipinski definition) is 3. The summed E-state index contributed by atoms with van der Waals surface area (Å²) in [5.41, 5.74) is 1.83. The Morgan fingerprint density at radius 1 is 1.40 bits per heavy atom. The predicted molar refractivity (Wildman–Crippen MR) is 117 cm³/mol. The summed E-state index contributed by atoms with van der Waals surface area (Å²) < 4.78 is 13.4. The second kappa shape index (κ2) is 9.38. The molecule has 3 rings (SSSR count). The average Bonchev–Trinajstić information content (AvgIpc) is 3.29. The number of guanidine groups is 1. The maximum atomic E-state index is 10.8. The number of aromatic nitrogens is 2. The lowest BCUT2D eigenvalue weighted by atomic mass is 10.00. The van der Waals surface area contributed by atoms with Crippen LogP contribution in [0.5, 0.6) is 11.5 Å². The van der Waals surface area contributed by atoms with E-state index >= 15 is 0 Å². The molecule has 0 spiro atoms. The Hall–Kier alpha value is -2.74. The van der Waals surface area contributed by atoms with Crippen LogP contribution in [-0.4, -0.2) is 46.6 Å². The van der Waals surface area contributed by atoms with Gasteiger partial charge in [0.25, 0.3) is 0 Å². The molecule has 2 unspecified atom stereocenters. The molecule has 30 heavy (non-hydrogen) atoms. The first-order valence-corrected chi connectivity index (χ1v) is 10.5. The Morgan fingerprint density at radius 2 is 2.20 bits per heavy atom. The van der Waals surface area contributed by atoms with Crippen LogP contribution in [0.2, 0.25) is 0 Å². The lowest BCUT2D eigenvalue weighted by molar-refractivity contribution is 0.0616. The molecule has 0 amide bonds. The molecule has 3 N–H and O–H groups in total. The highest BCUT2D eigenvalue weighted by Crippen LogP contribution is 2.35. The summed E-state index contributed by atoms with van der Waals surface area (Å²) in [6, 6.07) is 4.10. The van der Waals surface area contributed by atoms with Crippen molar-refractivity contribution < 1.29 is 14.6 Å². The molecule has 2 aromatic rings. The van der Waals surface area contributed by atoms with Crippen LogP contribution in [0.3, 0.4) is 0 Å². The first kappa shape index (κ1) is 22.0. The van der Waals surface area contributed by atoms with Gasteiger partial charge < -0.3 is 25.2 Å². The summed E-state index contributed by atoms with van der Waals surface area (Å²) in [6.07, 6.45) is 4.56. The SMILES string of the molecule is CCNC(=NCc1cc2c(cc1OCC)CC(C)O2)NCC(C)(O)c1cnn(C)c1. The highest BCUT2D eigenvalue weighted by molar-refractivity contribution is 5.79. The highest BCUT2D eigenvalue weighted by atomic mass is 16.5. The van der Waals surface area contributed by atoms with Gasteiger partial charge in [0, 0.05) is 42.9 Å². The molecule has 1 aliphatic heterocycles. The maximum absolute atomic E-state index is 10.8. The monoisotopic (exact) mass is 415 g/mol. The minimum absolute atomic E-state index is 0.182. The minimum atomic E-state index is -1.07. The second-order valence-electron chi connectivity index (χ2n) is 7.86. The number of aliphatic imine (C=N–C) groups is 1. The lowest BCUT2D eigenvalue weighted by Gasteiger charge is -2.23. The Bertz CT molecular complexity index is 891. The molecule has 8 heteroatoms. The maximum Gasteiger partial charge on any atom is 0.191 e. The summed E-state index contributed by atoms with van der Waals surface area (Å²) in [6.45, 7) is 9.85. The molecular weight excluding hydrogens is 382 g/mol. The van der Waals surface area contributed by atoms with E-state index in [2.05, 4.69) is 28.7 Å². The number of aryl methyl sites for hydroxylation is 1. The number of ether oxygens (including phenoxy) is 2. The van der Waals surface area contributed by atoms with Crippen molar-refractivity contribution in [2.75, 3.05) is 19.7 Å². The van der Waals surface area contributed by atoms with Crippen LogP contribution in [0, 0.1) is 0 Å². The molecule has 0 fully saturated rings. The molecule has 2 heterocycles. The van der Waals surface area contributed by atoms with E-state index in [1.807, 2.05) is 33.2 Å². The third-order valence-corrected chi connectivity index (χ3v) is 5.06. The van der Waals surface area contributed by atoms with Gasteiger partial charge in [-0.25, -0.2) is 4.99 Å². The zero-order valence-electron chi connectivity index (χ0n) is 18.5. The molecule has 1 aliphatic rings. The molecule has 1 aromatic heterocycles. The Kier molecular flexibility index (Phi) is 6.87. The number of rotatable bonds is 8. The van der Waals surface area contributed by atoms with Gasteiger partial charge in [0.05, 0.1) is 25.9 Å². The summed E-state index contributed by atoms with van der Waals surface area (Å²) in [7, 11) is 1.83. The molecule has 2 atom stereocenters. The second-order valence-corrected chi connectivity index (χ2v) is 7.86. The van der Waals surface area contributed by atoms with Crippen LogP contribution in [0.1, 0.15) is 44.4 Å². The topological polar surface area (TPSA) is 92.9 Å². The van der Waals surface area contributed by atoms with E-state index in [9.17, 15) is 5.11 Å². The summed E-state index contributed by atoms with van der Waals surface area (Å²) >= 11 is 0. The van der Waals surface area contributed by atoms with Gasteiger partial charge >= 0.3 is 0 Å². The van der Waals surface area contributed by atoms with Crippen molar-refractivity contribution in [2.45, 2.75) is 52.4 Å². The summed E-state index contributed by atoms with van der Waals surface area (Å²) in [5.74, 6) is 2.38. The van der Waals surface area contributed by atoms with E-state index < -0.39 is 5.60 Å². The normalized spacial score (nSPS) is 17.8. The number of nitrogens with zero attached hydrogens (tertiary/aromatic N) is 3. The minimum Gasteiger partial charge on any atom is -0.494 e. The van der Waals surface area contributed by atoms with E-state index in [1.165, 1.54) is 5.56 Å². The van der Waals surface area contributed by atoms with E-state index in [1.54, 1.807) is 17.8 Å². The van der Waals surface area contributed by atoms with Crippen molar-refractivity contribution in [3.63, 3.8) is 0 Å². The molecule has 8 nitrogen and oxygen atoms in total. The lowest BCUT2D eigenvalue weighted by Crippen LogP contribution is -2.44. The van der Waals surface area contributed by atoms with Gasteiger partial charge in [0.2, 0.25) is 0 Å². The number of fused-ring (bicyclic) bond motifs is 1.